The molecular weight excluding hydrogens is 254 g/mol. The van der Waals surface area contributed by atoms with Crippen LogP contribution in [0.15, 0.2) is 34.7 Å². The molecule has 2 nitrogen and oxygen atoms in total. The third kappa shape index (κ3) is 3.80. The lowest BCUT2D eigenvalue weighted by Crippen LogP contribution is -1.93. The van der Waals surface area contributed by atoms with Crippen molar-refractivity contribution in [3.8, 4) is 0 Å². The van der Waals surface area contributed by atoms with Crippen molar-refractivity contribution in [3.63, 3.8) is 0 Å². The maximum absolute atomic E-state index is 5.35. The number of anilines is 2. The second-order valence-corrected chi connectivity index (χ2v) is 5.58. The molecule has 0 amide bonds. The largest absolute Gasteiger partial charge is 0.455 e. The second kappa shape index (κ2) is 6.71. The zero-order chi connectivity index (χ0) is 13.7. The van der Waals surface area contributed by atoms with Gasteiger partial charge in [0.2, 0.25) is 0 Å². The lowest BCUT2D eigenvalue weighted by atomic mass is 9.99. The van der Waals surface area contributed by atoms with Gasteiger partial charge < -0.3 is 9.73 Å². The van der Waals surface area contributed by atoms with Gasteiger partial charge in [0.15, 0.2) is 6.26 Å². The fourth-order valence-electron chi connectivity index (χ4n) is 1.90. The van der Waals surface area contributed by atoms with E-state index >= 15 is 0 Å². The van der Waals surface area contributed by atoms with Crippen molar-refractivity contribution in [2.75, 3.05) is 11.6 Å². The van der Waals surface area contributed by atoms with E-state index in [4.69, 9.17) is 4.42 Å². The highest BCUT2D eigenvalue weighted by molar-refractivity contribution is 7.97. The van der Waals surface area contributed by atoms with Crippen LogP contribution in [0.3, 0.4) is 0 Å². The number of hydrogen-bond acceptors (Lipinski definition) is 3. The number of rotatable bonds is 6. The normalized spacial score (nSPS) is 12.4. The topological polar surface area (TPSA) is 25.2 Å². The number of thioether (sulfide) groups is 1. The maximum Gasteiger partial charge on any atom is 0.195 e. The Bertz CT molecular complexity index is 504. The van der Waals surface area contributed by atoms with Gasteiger partial charge in [-0.2, -0.15) is 11.8 Å². The van der Waals surface area contributed by atoms with E-state index in [0.29, 0.717) is 5.92 Å². The SMILES string of the molecule is CCC(C)c1ccc(Nc2[c]oc(CSC)c2)cc1. The molecule has 19 heavy (non-hydrogen) atoms. The summed E-state index contributed by atoms with van der Waals surface area (Å²) >= 11 is 1.74. The van der Waals surface area contributed by atoms with Crippen LogP contribution in [0.5, 0.6) is 0 Å². The Kier molecular flexibility index (Phi) is 4.97. The molecule has 0 aliphatic carbocycles. The average Bonchev–Trinajstić information content (AvgIpc) is 2.86. The van der Waals surface area contributed by atoms with Crippen LogP contribution in [0.1, 0.15) is 37.5 Å². The van der Waals surface area contributed by atoms with Gasteiger partial charge in [0.1, 0.15) is 5.76 Å². The van der Waals surface area contributed by atoms with E-state index in [2.05, 4.69) is 55.9 Å². The molecule has 1 N–H and O–H groups in total. The molecule has 1 radical (unpaired) electrons. The van der Waals surface area contributed by atoms with E-state index in [9.17, 15) is 0 Å². The lowest BCUT2D eigenvalue weighted by Gasteiger charge is -2.10. The minimum absolute atomic E-state index is 0.614. The molecule has 0 aliphatic rings. The van der Waals surface area contributed by atoms with Gasteiger partial charge in [-0.05, 0) is 36.3 Å². The first-order valence-corrected chi connectivity index (χ1v) is 7.98. The minimum atomic E-state index is 0.614. The zero-order valence-electron chi connectivity index (χ0n) is 11.7. The number of furan rings is 1. The van der Waals surface area contributed by atoms with Gasteiger partial charge >= 0.3 is 0 Å². The molecule has 0 bridgehead atoms. The van der Waals surface area contributed by atoms with Crippen molar-refractivity contribution in [1.29, 1.82) is 0 Å². The highest BCUT2D eigenvalue weighted by Crippen LogP contribution is 2.24. The number of benzene rings is 1. The van der Waals surface area contributed by atoms with Crippen molar-refractivity contribution in [3.05, 3.63) is 47.9 Å². The van der Waals surface area contributed by atoms with Gasteiger partial charge in [0.25, 0.3) is 0 Å². The van der Waals surface area contributed by atoms with E-state index in [0.717, 1.165) is 22.9 Å². The summed E-state index contributed by atoms with van der Waals surface area (Å²) in [5.74, 6) is 2.44. The zero-order valence-corrected chi connectivity index (χ0v) is 12.5. The molecule has 0 spiro atoms. The standard InChI is InChI=1S/C16H20NOS/c1-4-12(2)13-5-7-14(8-6-13)17-15-9-16(11-19-3)18-10-15/h5-9,12,17H,4,11H2,1-3H3. The van der Waals surface area contributed by atoms with Gasteiger partial charge in [-0.3, -0.25) is 0 Å². The van der Waals surface area contributed by atoms with E-state index in [1.54, 1.807) is 11.8 Å². The Morgan fingerprint density at radius 1 is 1.32 bits per heavy atom. The molecule has 2 aromatic rings. The quantitative estimate of drug-likeness (QED) is 0.783. The van der Waals surface area contributed by atoms with Crippen molar-refractivity contribution in [1.82, 2.24) is 0 Å². The highest BCUT2D eigenvalue weighted by atomic mass is 32.2. The number of hydrogen-bond donors (Lipinski definition) is 1. The smallest absolute Gasteiger partial charge is 0.195 e. The van der Waals surface area contributed by atoms with Gasteiger partial charge in [-0.15, -0.1) is 0 Å². The van der Waals surface area contributed by atoms with Crippen molar-refractivity contribution < 1.29 is 4.42 Å². The van der Waals surface area contributed by atoms with Gasteiger partial charge in [-0.1, -0.05) is 26.0 Å². The lowest BCUT2D eigenvalue weighted by molar-refractivity contribution is 0.523. The molecule has 1 unspecified atom stereocenters. The van der Waals surface area contributed by atoms with E-state index in [-0.39, 0.29) is 0 Å². The van der Waals surface area contributed by atoms with Gasteiger partial charge in [0, 0.05) is 11.8 Å². The molecule has 0 saturated heterocycles. The average molecular weight is 274 g/mol. The summed E-state index contributed by atoms with van der Waals surface area (Å²) in [6.45, 7) is 4.46. The summed E-state index contributed by atoms with van der Waals surface area (Å²) < 4.78 is 5.35. The Morgan fingerprint density at radius 2 is 2.05 bits per heavy atom. The molecule has 101 valence electrons. The van der Waals surface area contributed by atoms with E-state index in [1.165, 1.54) is 12.0 Å². The number of nitrogens with one attached hydrogen (secondary N) is 1. The fraction of sp³-hybridized carbons (Fsp3) is 0.375. The Balaban J connectivity index is 2.02. The summed E-state index contributed by atoms with van der Waals surface area (Å²) in [4.78, 5) is 0. The second-order valence-electron chi connectivity index (χ2n) is 4.72. The van der Waals surface area contributed by atoms with Crippen LogP contribution in [0.2, 0.25) is 0 Å². The molecule has 3 heteroatoms. The first kappa shape index (κ1) is 14.1. The van der Waals surface area contributed by atoms with Crippen molar-refractivity contribution >= 4 is 23.1 Å². The third-order valence-corrected chi connectivity index (χ3v) is 3.83. The summed E-state index contributed by atoms with van der Waals surface area (Å²) in [7, 11) is 0. The molecule has 1 atom stereocenters. The first-order chi connectivity index (χ1) is 9.22. The minimum Gasteiger partial charge on any atom is -0.455 e. The Labute approximate surface area is 119 Å². The monoisotopic (exact) mass is 274 g/mol. The maximum atomic E-state index is 5.35. The molecule has 1 aromatic carbocycles. The van der Waals surface area contributed by atoms with Crippen LogP contribution in [-0.4, -0.2) is 6.26 Å². The van der Waals surface area contributed by atoms with Crippen LogP contribution in [0, 0.1) is 6.26 Å². The Morgan fingerprint density at radius 3 is 2.68 bits per heavy atom. The van der Waals surface area contributed by atoms with Gasteiger partial charge in [-0.25, -0.2) is 0 Å². The molecule has 1 aromatic heterocycles. The predicted molar refractivity (Wildman–Crippen MR) is 83.2 cm³/mol. The Hall–Kier alpha value is -1.35. The van der Waals surface area contributed by atoms with Gasteiger partial charge in [0.05, 0.1) is 11.4 Å². The van der Waals surface area contributed by atoms with Crippen LogP contribution in [0.25, 0.3) is 0 Å². The fourth-order valence-corrected chi connectivity index (χ4v) is 2.33. The van der Waals surface area contributed by atoms with Crippen molar-refractivity contribution in [2.24, 2.45) is 0 Å². The summed E-state index contributed by atoms with van der Waals surface area (Å²) in [5.41, 5.74) is 3.34. The third-order valence-electron chi connectivity index (χ3n) is 3.26. The molecular formula is C16H20NOS. The molecule has 0 fully saturated rings. The van der Waals surface area contributed by atoms with E-state index < -0.39 is 0 Å². The van der Waals surface area contributed by atoms with Crippen LogP contribution in [0.4, 0.5) is 11.4 Å². The summed E-state index contributed by atoms with van der Waals surface area (Å²) in [6.07, 6.45) is 6.11. The molecule has 0 saturated carbocycles. The van der Waals surface area contributed by atoms with Crippen molar-refractivity contribution in [2.45, 2.75) is 31.9 Å². The van der Waals surface area contributed by atoms with Crippen LogP contribution in [-0.2, 0) is 5.75 Å². The van der Waals surface area contributed by atoms with Crippen LogP contribution >= 0.6 is 11.8 Å². The molecule has 2 rings (SSSR count). The van der Waals surface area contributed by atoms with Crippen LogP contribution < -0.4 is 5.32 Å². The molecule has 0 aliphatic heterocycles. The van der Waals surface area contributed by atoms with E-state index in [1.807, 2.05) is 6.07 Å². The predicted octanol–water partition coefficient (Wildman–Crippen LogP) is 5.20. The highest BCUT2D eigenvalue weighted by Gasteiger charge is 2.04. The molecule has 1 heterocycles. The summed E-state index contributed by atoms with van der Waals surface area (Å²) in [6, 6.07) is 10.6. The summed E-state index contributed by atoms with van der Waals surface area (Å²) in [5, 5.41) is 3.31. The first-order valence-electron chi connectivity index (χ1n) is 6.59.